The van der Waals surface area contributed by atoms with Gasteiger partial charge >= 0.3 is 0 Å². The molecule has 0 aliphatic carbocycles. The first kappa shape index (κ1) is 12.4. The minimum absolute atomic E-state index is 0.363. The van der Waals surface area contributed by atoms with Crippen LogP contribution >= 0.6 is 0 Å². The van der Waals surface area contributed by atoms with Gasteiger partial charge < -0.3 is 15.0 Å². The summed E-state index contributed by atoms with van der Waals surface area (Å²) in [5.41, 5.74) is 1.30. The summed E-state index contributed by atoms with van der Waals surface area (Å²) in [6.07, 6.45) is 0. The molecule has 1 aromatic rings. The lowest BCUT2D eigenvalue weighted by atomic mass is 10.1. The molecule has 0 fully saturated rings. The van der Waals surface area contributed by atoms with Crippen molar-refractivity contribution in [2.75, 3.05) is 32.8 Å². The SMILES string of the molecule is CCN(CC)CCNC1COc2ccccc21. The normalized spacial score (nSPS) is 18.2. The predicted molar refractivity (Wildman–Crippen MR) is 70.5 cm³/mol. The van der Waals surface area contributed by atoms with Gasteiger partial charge in [-0.05, 0) is 19.2 Å². The molecule has 0 bridgehead atoms. The number of fused-ring (bicyclic) bond motifs is 1. The summed E-state index contributed by atoms with van der Waals surface area (Å²) in [6.45, 7) is 9.54. The number of hydrogen-bond acceptors (Lipinski definition) is 3. The van der Waals surface area contributed by atoms with Gasteiger partial charge in [-0.15, -0.1) is 0 Å². The number of ether oxygens (including phenoxy) is 1. The predicted octanol–water partition coefficient (Wildman–Crippen LogP) is 2.05. The summed E-state index contributed by atoms with van der Waals surface area (Å²) < 4.78 is 5.65. The Morgan fingerprint density at radius 3 is 2.82 bits per heavy atom. The van der Waals surface area contributed by atoms with E-state index in [0.29, 0.717) is 6.04 Å². The Kier molecular flexibility index (Phi) is 4.40. The van der Waals surface area contributed by atoms with Gasteiger partial charge in [0.05, 0.1) is 6.04 Å². The van der Waals surface area contributed by atoms with E-state index in [-0.39, 0.29) is 0 Å². The molecular formula is C14H22N2O. The minimum Gasteiger partial charge on any atom is -0.491 e. The highest BCUT2D eigenvalue weighted by molar-refractivity contribution is 5.39. The highest BCUT2D eigenvalue weighted by Crippen LogP contribution is 2.31. The van der Waals surface area contributed by atoms with Crippen molar-refractivity contribution in [3.63, 3.8) is 0 Å². The molecule has 94 valence electrons. The molecule has 0 saturated heterocycles. The lowest BCUT2D eigenvalue weighted by Crippen LogP contribution is -2.34. The van der Waals surface area contributed by atoms with E-state index in [2.05, 4.69) is 36.2 Å². The van der Waals surface area contributed by atoms with E-state index in [1.165, 1.54) is 5.56 Å². The van der Waals surface area contributed by atoms with Gasteiger partial charge in [-0.25, -0.2) is 0 Å². The summed E-state index contributed by atoms with van der Waals surface area (Å²) >= 11 is 0. The van der Waals surface area contributed by atoms with E-state index in [4.69, 9.17) is 4.74 Å². The maximum atomic E-state index is 5.65. The van der Waals surface area contributed by atoms with E-state index in [0.717, 1.165) is 38.5 Å². The molecule has 1 heterocycles. The number of hydrogen-bond donors (Lipinski definition) is 1. The Morgan fingerprint density at radius 2 is 2.06 bits per heavy atom. The standard InChI is InChI=1S/C14H22N2O/c1-3-16(4-2)10-9-15-13-11-17-14-8-6-5-7-12(13)14/h5-8,13,15H,3-4,9-11H2,1-2H3. The van der Waals surface area contributed by atoms with E-state index in [1.807, 2.05) is 12.1 Å². The number of likely N-dealkylation sites (N-methyl/N-ethyl adjacent to an activating group) is 1. The van der Waals surface area contributed by atoms with Crippen LogP contribution in [0.5, 0.6) is 5.75 Å². The van der Waals surface area contributed by atoms with Gasteiger partial charge in [-0.2, -0.15) is 0 Å². The van der Waals surface area contributed by atoms with Crippen LogP contribution in [0.2, 0.25) is 0 Å². The quantitative estimate of drug-likeness (QED) is 0.815. The van der Waals surface area contributed by atoms with E-state index in [1.54, 1.807) is 0 Å². The first-order chi connectivity index (χ1) is 8.35. The van der Waals surface area contributed by atoms with Crippen molar-refractivity contribution < 1.29 is 4.74 Å². The van der Waals surface area contributed by atoms with Crippen LogP contribution in [0.15, 0.2) is 24.3 Å². The number of nitrogens with one attached hydrogen (secondary N) is 1. The molecule has 0 amide bonds. The fourth-order valence-electron chi connectivity index (χ4n) is 2.27. The third-order valence-electron chi connectivity index (χ3n) is 3.41. The first-order valence-corrected chi connectivity index (χ1v) is 6.52. The van der Waals surface area contributed by atoms with Crippen LogP contribution in [0.25, 0.3) is 0 Å². The molecule has 1 aliphatic heterocycles. The van der Waals surface area contributed by atoms with E-state index >= 15 is 0 Å². The number of rotatable bonds is 6. The summed E-state index contributed by atoms with van der Waals surface area (Å²) in [6, 6.07) is 8.66. The van der Waals surface area contributed by atoms with Crippen LogP contribution in [-0.2, 0) is 0 Å². The van der Waals surface area contributed by atoms with Crippen LogP contribution in [-0.4, -0.2) is 37.7 Å². The summed E-state index contributed by atoms with van der Waals surface area (Å²) in [5.74, 6) is 1.04. The monoisotopic (exact) mass is 234 g/mol. The van der Waals surface area contributed by atoms with Gasteiger partial charge in [-0.1, -0.05) is 32.0 Å². The van der Waals surface area contributed by atoms with E-state index in [9.17, 15) is 0 Å². The molecule has 0 radical (unpaired) electrons. The highest BCUT2D eigenvalue weighted by atomic mass is 16.5. The van der Waals surface area contributed by atoms with Gasteiger partial charge in [-0.3, -0.25) is 0 Å². The summed E-state index contributed by atoms with van der Waals surface area (Å²) in [4.78, 5) is 2.43. The third-order valence-corrected chi connectivity index (χ3v) is 3.41. The lowest BCUT2D eigenvalue weighted by Gasteiger charge is -2.19. The van der Waals surface area contributed by atoms with Crippen molar-refractivity contribution in [3.8, 4) is 5.75 Å². The second-order valence-corrected chi connectivity index (χ2v) is 4.38. The molecular weight excluding hydrogens is 212 g/mol. The molecule has 0 saturated carbocycles. The smallest absolute Gasteiger partial charge is 0.124 e. The number of nitrogens with zero attached hydrogens (tertiary/aromatic N) is 1. The van der Waals surface area contributed by atoms with Crippen LogP contribution < -0.4 is 10.1 Å². The fourth-order valence-corrected chi connectivity index (χ4v) is 2.27. The van der Waals surface area contributed by atoms with Crippen molar-refractivity contribution >= 4 is 0 Å². The van der Waals surface area contributed by atoms with Gasteiger partial charge in [0.15, 0.2) is 0 Å². The van der Waals surface area contributed by atoms with Gasteiger partial charge in [0.1, 0.15) is 12.4 Å². The van der Waals surface area contributed by atoms with Crippen molar-refractivity contribution in [2.45, 2.75) is 19.9 Å². The molecule has 1 unspecified atom stereocenters. The van der Waals surface area contributed by atoms with E-state index < -0.39 is 0 Å². The molecule has 1 aliphatic rings. The Morgan fingerprint density at radius 1 is 1.29 bits per heavy atom. The molecule has 1 aromatic carbocycles. The maximum Gasteiger partial charge on any atom is 0.124 e. The fraction of sp³-hybridized carbons (Fsp3) is 0.571. The Hall–Kier alpha value is -1.06. The molecule has 0 spiro atoms. The molecule has 17 heavy (non-hydrogen) atoms. The zero-order chi connectivity index (χ0) is 12.1. The Balaban J connectivity index is 1.82. The van der Waals surface area contributed by atoms with Crippen LogP contribution in [0.4, 0.5) is 0 Å². The Bertz CT molecular complexity index is 350. The van der Waals surface area contributed by atoms with Gasteiger partial charge in [0.2, 0.25) is 0 Å². The van der Waals surface area contributed by atoms with Crippen molar-refractivity contribution in [1.29, 1.82) is 0 Å². The highest BCUT2D eigenvalue weighted by Gasteiger charge is 2.22. The average Bonchev–Trinajstić information content (AvgIpc) is 2.78. The molecule has 1 N–H and O–H groups in total. The van der Waals surface area contributed by atoms with Crippen molar-refractivity contribution in [2.24, 2.45) is 0 Å². The number of benzene rings is 1. The van der Waals surface area contributed by atoms with Crippen LogP contribution in [0, 0.1) is 0 Å². The topological polar surface area (TPSA) is 24.5 Å². The van der Waals surface area contributed by atoms with Gasteiger partial charge in [0, 0.05) is 18.7 Å². The van der Waals surface area contributed by atoms with Crippen molar-refractivity contribution in [1.82, 2.24) is 10.2 Å². The molecule has 3 heteroatoms. The second-order valence-electron chi connectivity index (χ2n) is 4.38. The zero-order valence-electron chi connectivity index (χ0n) is 10.8. The zero-order valence-corrected chi connectivity index (χ0v) is 10.8. The van der Waals surface area contributed by atoms with Crippen LogP contribution in [0.1, 0.15) is 25.5 Å². The van der Waals surface area contributed by atoms with Crippen molar-refractivity contribution in [3.05, 3.63) is 29.8 Å². The maximum absolute atomic E-state index is 5.65. The van der Waals surface area contributed by atoms with Gasteiger partial charge in [0.25, 0.3) is 0 Å². The molecule has 2 rings (SSSR count). The number of para-hydroxylation sites is 1. The summed E-state index contributed by atoms with van der Waals surface area (Å²) in [7, 11) is 0. The minimum atomic E-state index is 0.363. The molecule has 1 atom stereocenters. The first-order valence-electron chi connectivity index (χ1n) is 6.52. The molecule has 0 aromatic heterocycles. The lowest BCUT2D eigenvalue weighted by molar-refractivity contribution is 0.277. The largest absolute Gasteiger partial charge is 0.491 e. The average molecular weight is 234 g/mol. The second kappa shape index (κ2) is 6.03. The van der Waals surface area contributed by atoms with Crippen LogP contribution in [0.3, 0.4) is 0 Å². The Labute approximate surface area is 104 Å². The third kappa shape index (κ3) is 2.99. The summed E-state index contributed by atoms with van der Waals surface area (Å²) in [5, 5.41) is 3.57. The molecule has 3 nitrogen and oxygen atoms in total.